The second-order valence-electron chi connectivity index (χ2n) is 5.18. The van der Waals surface area contributed by atoms with Gasteiger partial charge in [-0.2, -0.15) is 0 Å². The van der Waals surface area contributed by atoms with Gasteiger partial charge in [0.1, 0.15) is 0 Å². The molecule has 1 heterocycles. The largest absolute Gasteiger partial charge is 0.393 e. The fraction of sp³-hybridized carbons (Fsp3) is 1.00. The SMILES string of the molecule is NCCCCCN1CC2CCC(O)C2C1. The Morgan fingerprint density at radius 3 is 2.73 bits per heavy atom. The molecule has 0 radical (unpaired) electrons. The van der Waals surface area contributed by atoms with Crippen molar-refractivity contribution >= 4 is 0 Å². The Balaban J connectivity index is 1.65. The van der Waals surface area contributed by atoms with E-state index in [9.17, 15) is 5.11 Å². The summed E-state index contributed by atoms with van der Waals surface area (Å²) in [6.07, 6.45) is 5.95. The quantitative estimate of drug-likeness (QED) is 0.663. The fourth-order valence-corrected chi connectivity index (χ4v) is 3.17. The molecule has 0 aromatic carbocycles. The van der Waals surface area contributed by atoms with Crippen LogP contribution in [0.25, 0.3) is 0 Å². The second-order valence-corrected chi connectivity index (χ2v) is 5.18. The van der Waals surface area contributed by atoms with Crippen LogP contribution in [-0.4, -0.2) is 42.3 Å². The summed E-state index contributed by atoms with van der Waals surface area (Å²) in [5.41, 5.74) is 5.47. The lowest BCUT2D eigenvalue weighted by molar-refractivity contribution is 0.124. The van der Waals surface area contributed by atoms with Crippen molar-refractivity contribution in [1.29, 1.82) is 0 Å². The predicted molar refractivity (Wildman–Crippen MR) is 61.6 cm³/mol. The van der Waals surface area contributed by atoms with Gasteiger partial charge < -0.3 is 15.7 Å². The normalized spacial score (nSPS) is 36.0. The standard InChI is InChI=1S/C12H24N2O/c13-6-2-1-3-7-14-8-10-4-5-12(15)11(10)9-14/h10-12,15H,1-9,13H2. The lowest BCUT2D eigenvalue weighted by atomic mass is 10.00. The van der Waals surface area contributed by atoms with E-state index in [2.05, 4.69) is 4.90 Å². The van der Waals surface area contributed by atoms with Crippen LogP contribution in [0.15, 0.2) is 0 Å². The smallest absolute Gasteiger partial charge is 0.0583 e. The summed E-state index contributed by atoms with van der Waals surface area (Å²) >= 11 is 0. The minimum atomic E-state index is -0.0101. The Morgan fingerprint density at radius 2 is 2.00 bits per heavy atom. The zero-order chi connectivity index (χ0) is 10.7. The van der Waals surface area contributed by atoms with Crippen molar-refractivity contribution in [3.8, 4) is 0 Å². The summed E-state index contributed by atoms with van der Waals surface area (Å²) in [5, 5.41) is 9.78. The summed E-state index contributed by atoms with van der Waals surface area (Å²) in [6.45, 7) is 4.39. The van der Waals surface area contributed by atoms with Crippen LogP contribution in [-0.2, 0) is 0 Å². The van der Waals surface area contributed by atoms with E-state index in [1.807, 2.05) is 0 Å². The van der Waals surface area contributed by atoms with E-state index in [4.69, 9.17) is 5.73 Å². The summed E-state index contributed by atoms with van der Waals surface area (Å²) in [4.78, 5) is 2.54. The Labute approximate surface area is 92.6 Å². The van der Waals surface area contributed by atoms with Crippen molar-refractivity contribution in [2.24, 2.45) is 17.6 Å². The maximum atomic E-state index is 9.78. The third-order valence-electron chi connectivity index (χ3n) is 4.07. The molecule has 1 saturated heterocycles. The van der Waals surface area contributed by atoms with Gasteiger partial charge in [0.25, 0.3) is 0 Å². The van der Waals surface area contributed by atoms with Gasteiger partial charge >= 0.3 is 0 Å². The summed E-state index contributed by atoms with van der Waals surface area (Å²) in [7, 11) is 0. The molecule has 2 fully saturated rings. The van der Waals surface area contributed by atoms with E-state index in [1.165, 1.54) is 32.4 Å². The Morgan fingerprint density at radius 1 is 1.13 bits per heavy atom. The molecule has 1 aliphatic heterocycles. The first kappa shape index (κ1) is 11.4. The average Bonchev–Trinajstić information content (AvgIpc) is 2.76. The predicted octanol–water partition coefficient (Wildman–Crippen LogP) is 0.818. The Kier molecular flexibility index (Phi) is 4.00. The first-order valence-electron chi connectivity index (χ1n) is 6.41. The van der Waals surface area contributed by atoms with Crippen LogP contribution >= 0.6 is 0 Å². The molecule has 0 aromatic rings. The van der Waals surface area contributed by atoms with Gasteiger partial charge in [0.2, 0.25) is 0 Å². The summed E-state index contributed by atoms with van der Waals surface area (Å²) in [6, 6.07) is 0. The number of rotatable bonds is 5. The Hall–Kier alpha value is -0.120. The van der Waals surface area contributed by atoms with Crippen LogP contribution in [0, 0.1) is 11.8 Å². The number of unbranched alkanes of at least 4 members (excludes halogenated alkanes) is 2. The highest BCUT2D eigenvalue weighted by atomic mass is 16.3. The van der Waals surface area contributed by atoms with Crippen LogP contribution in [0.2, 0.25) is 0 Å². The average molecular weight is 212 g/mol. The molecule has 1 saturated carbocycles. The molecule has 1 aliphatic carbocycles. The molecule has 3 heteroatoms. The minimum absolute atomic E-state index is 0.0101. The van der Waals surface area contributed by atoms with Crippen molar-refractivity contribution in [2.75, 3.05) is 26.2 Å². The number of nitrogens with zero attached hydrogens (tertiary/aromatic N) is 1. The molecule has 0 bridgehead atoms. The number of aliphatic hydroxyl groups excluding tert-OH is 1. The molecule has 88 valence electrons. The van der Waals surface area contributed by atoms with Crippen LogP contribution in [0.5, 0.6) is 0 Å². The van der Waals surface area contributed by atoms with E-state index in [1.54, 1.807) is 0 Å². The lowest BCUT2D eigenvalue weighted by Crippen LogP contribution is -2.25. The maximum absolute atomic E-state index is 9.78. The van der Waals surface area contributed by atoms with Gasteiger partial charge in [-0.1, -0.05) is 6.42 Å². The first-order valence-corrected chi connectivity index (χ1v) is 6.41. The van der Waals surface area contributed by atoms with Gasteiger partial charge in [-0.25, -0.2) is 0 Å². The number of likely N-dealkylation sites (tertiary alicyclic amines) is 1. The highest BCUT2D eigenvalue weighted by Gasteiger charge is 2.41. The third kappa shape index (κ3) is 2.71. The van der Waals surface area contributed by atoms with Crippen LogP contribution in [0.1, 0.15) is 32.1 Å². The van der Waals surface area contributed by atoms with Crippen LogP contribution < -0.4 is 5.73 Å². The highest BCUT2D eigenvalue weighted by Crippen LogP contribution is 2.37. The zero-order valence-corrected chi connectivity index (χ0v) is 9.57. The molecule has 15 heavy (non-hydrogen) atoms. The highest BCUT2D eigenvalue weighted by molar-refractivity contribution is 4.93. The van der Waals surface area contributed by atoms with Gasteiger partial charge in [0.05, 0.1) is 6.10 Å². The van der Waals surface area contributed by atoms with E-state index in [-0.39, 0.29) is 6.10 Å². The van der Waals surface area contributed by atoms with Crippen molar-refractivity contribution in [3.05, 3.63) is 0 Å². The molecule has 0 amide bonds. The Bertz CT molecular complexity index is 198. The molecule has 3 unspecified atom stereocenters. The van der Waals surface area contributed by atoms with Crippen LogP contribution in [0.3, 0.4) is 0 Å². The molecule has 3 N–H and O–H groups in total. The first-order chi connectivity index (χ1) is 7.31. The third-order valence-corrected chi connectivity index (χ3v) is 4.07. The van der Waals surface area contributed by atoms with Crippen molar-refractivity contribution < 1.29 is 5.11 Å². The van der Waals surface area contributed by atoms with E-state index >= 15 is 0 Å². The van der Waals surface area contributed by atoms with Crippen LogP contribution in [0.4, 0.5) is 0 Å². The molecule has 2 aliphatic rings. The van der Waals surface area contributed by atoms with E-state index in [0.29, 0.717) is 5.92 Å². The molecular formula is C12H24N2O. The molecule has 3 atom stereocenters. The lowest BCUT2D eigenvalue weighted by Gasteiger charge is -2.17. The monoisotopic (exact) mass is 212 g/mol. The van der Waals surface area contributed by atoms with Gasteiger partial charge in [-0.15, -0.1) is 0 Å². The number of nitrogens with two attached hydrogens (primary N) is 1. The van der Waals surface area contributed by atoms with Gasteiger partial charge in [0, 0.05) is 19.0 Å². The molecule has 0 aromatic heterocycles. The maximum Gasteiger partial charge on any atom is 0.0583 e. The van der Waals surface area contributed by atoms with Gasteiger partial charge in [-0.3, -0.25) is 0 Å². The van der Waals surface area contributed by atoms with Crippen molar-refractivity contribution in [2.45, 2.75) is 38.2 Å². The second kappa shape index (κ2) is 5.28. The molecule has 0 spiro atoms. The number of fused-ring (bicyclic) bond motifs is 1. The summed E-state index contributed by atoms with van der Waals surface area (Å²) < 4.78 is 0. The molecule has 3 nitrogen and oxygen atoms in total. The van der Waals surface area contributed by atoms with Crippen molar-refractivity contribution in [3.63, 3.8) is 0 Å². The topological polar surface area (TPSA) is 49.5 Å². The van der Waals surface area contributed by atoms with E-state index < -0.39 is 0 Å². The minimum Gasteiger partial charge on any atom is -0.393 e. The zero-order valence-electron chi connectivity index (χ0n) is 9.57. The van der Waals surface area contributed by atoms with Crippen molar-refractivity contribution in [1.82, 2.24) is 4.90 Å². The van der Waals surface area contributed by atoms with E-state index in [0.717, 1.165) is 31.8 Å². The van der Waals surface area contributed by atoms with Gasteiger partial charge in [-0.05, 0) is 44.7 Å². The number of hydrogen-bond donors (Lipinski definition) is 2. The van der Waals surface area contributed by atoms with Gasteiger partial charge in [0.15, 0.2) is 0 Å². The molecular weight excluding hydrogens is 188 g/mol. The number of aliphatic hydroxyl groups is 1. The fourth-order valence-electron chi connectivity index (χ4n) is 3.17. The number of hydrogen-bond acceptors (Lipinski definition) is 3. The summed E-state index contributed by atoms with van der Waals surface area (Å²) in [5.74, 6) is 1.37. The molecule has 2 rings (SSSR count).